The fourth-order valence-electron chi connectivity index (χ4n) is 2.80. The summed E-state index contributed by atoms with van der Waals surface area (Å²) in [5.74, 6) is 0. The molecule has 2 N–H and O–H groups in total. The molecule has 2 rings (SSSR count). The van der Waals surface area contributed by atoms with Crippen LogP contribution in [0, 0.1) is 0 Å². The third kappa shape index (κ3) is 3.12. The number of hydrogen-bond donors (Lipinski definition) is 1. The second-order valence-electron chi connectivity index (χ2n) is 5.21. The van der Waals surface area contributed by atoms with E-state index in [-0.39, 0.29) is 6.04 Å². The molecule has 1 saturated heterocycles. The Bertz CT molecular complexity index is 383. The molecule has 1 aliphatic heterocycles. The molecule has 1 aromatic rings. The lowest BCUT2D eigenvalue weighted by molar-refractivity contribution is 0.0983. The van der Waals surface area contributed by atoms with Crippen LogP contribution in [0.25, 0.3) is 0 Å². The summed E-state index contributed by atoms with van der Waals surface area (Å²) in [6.07, 6.45) is 5.87. The van der Waals surface area contributed by atoms with Crippen LogP contribution in [-0.4, -0.2) is 12.7 Å². The third-order valence-electron chi connectivity index (χ3n) is 3.96. The van der Waals surface area contributed by atoms with Crippen molar-refractivity contribution in [2.45, 2.75) is 58.1 Å². The van der Waals surface area contributed by atoms with Gasteiger partial charge in [0.15, 0.2) is 0 Å². The fraction of sp³-hybridized carbons (Fsp3) is 0.625. The van der Waals surface area contributed by atoms with Gasteiger partial charge in [0, 0.05) is 12.6 Å². The molecule has 18 heavy (non-hydrogen) atoms. The maximum absolute atomic E-state index is 6.31. The zero-order valence-corrected chi connectivity index (χ0v) is 11.6. The minimum atomic E-state index is 0.115. The lowest BCUT2D eigenvalue weighted by Crippen LogP contribution is -2.18. The van der Waals surface area contributed by atoms with E-state index in [0.29, 0.717) is 6.10 Å². The van der Waals surface area contributed by atoms with Gasteiger partial charge in [-0.05, 0) is 48.8 Å². The van der Waals surface area contributed by atoms with Gasteiger partial charge in [-0.2, -0.15) is 0 Å². The van der Waals surface area contributed by atoms with Gasteiger partial charge in [-0.25, -0.2) is 0 Å². The van der Waals surface area contributed by atoms with E-state index < -0.39 is 0 Å². The molecule has 1 heterocycles. The van der Waals surface area contributed by atoms with E-state index in [4.69, 9.17) is 10.5 Å². The van der Waals surface area contributed by atoms with Crippen molar-refractivity contribution < 1.29 is 4.74 Å². The zero-order chi connectivity index (χ0) is 13.0. The Balaban J connectivity index is 2.06. The minimum absolute atomic E-state index is 0.115. The van der Waals surface area contributed by atoms with Gasteiger partial charge in [0.25, 0.3) is 0 Å². The molecule has 1 aliphatic rings. The number of ether oxygens (including phenoxy) is 1. The van der Waals surface area contributed by atoms with Crippen molar-refractivity contribution in [2.75, 3.05) is 6.61 Å². The van der Waals surface area contributed by atoms with Gasteiger partial charge in [-0.1, -0.05) is 32.0 Å². The molecule has 0 radical (unpaired) electrons. The summed E-state index contributed by atoms with van der Waals surface area (Å²) < 4.78 is 5.67. The summed E-state index contributed by atoms with van der Waals surface area (Å²) in [6, 6.07) is 6.84. The number of benzene rings is 1. The maximum atomic E-state index is 6.31. The first-order valence-corrected chi connectivity index (χ1v) is 7.23. The van der Waals surface area contributed by atoms with E-state index in [2.05, 4.69) is 32.0 Å². The van der Waals surface area contributed by atoms with E-state index in [1.54, 1.807) is 0 Å². The van der Waals surface area contributed by atoms with Crippen LogP contribution in [0.15, 0.2) is 18.2 Å². The third-order valence-corrected chi connectivity index (χ3v) is 3.96. The van der Waals surface area contributed by atoms with E-state index >= 15 is 0 Å². The topological polar surface area (TPSA) is 35.2 Å². The first-order valence-electron chi connectivity index (χ1n) is 7.23. The number of rotatable bonds is 5. The predicted molar refractivity (Wildman–Crippen MR) is 75.7 cm³/mol. The molecule has 2 unspecified atom stereocenters. The Morgan fingerprint density at radius 1 is 1.28 bits per heavy atom. The predicted octanol–water partition coefficient (Wildman–Crippen LogP) is 3.38. The van der Waals surface area contributed by atoms with Gasteiger partial charge in [-0.15, -0.1) is 0 Å². The largest absolute Gasteiger partial charge is 0.378 e. The van der Waals surface area contributed by atoms with E-state index in [1.807, 2.05) is 0 Å². The van der Waals surface area contributed by atoms with Crippen LogP contribution in [-0.2, 0) is 17.6 Å². The van der Waals surface area contributed by atoms with Gasteiger partial charge in [0.2, 0.25) is 0 Å². The molecule has 0 amide bonds. The van der Waals surface area contributed by atoms with Gasteiger partial charge in [-0.3, -0.25) is 0 Å². The van der Waals surface area contributed by atoms with E-state index in [0.717, 1.165) is 25.9 Å². The molecule has 2 atom stereocenters. The van der Waals surface area contributed by atoms with E-state index in [9.17, 15) is 0 Å². The Hall–Kier alpha value is -0.860. The van der Waals surface area contributed by atoms with Crippen molar-refractivity contribution >= 4 is 0 Å². The summed E-state index contributed by atoms with van der Waals surface area (Å²) >= 11 is 0. The molecule has 0 aromatic heterocycles. The van der Waals surface area contributed by atoms with Crippen LogP contribution in [0.2, 0.25) is 0 Å². The van der Waals surface area contributed by atoms with Crippen LogP contribution < -0.4 is 5.73 Å². The average molecular weight is 247 g/mol. The summed E-state index contributed by atoms with van der Waals surface area (Å²) in [5.41, 5.74) is 10.5. The molecule has 1 aromatic carbocycles. The summed E-state index contributed by atoms with van der Waals surface area (Å²) in [4.78, 5) is 0. The highest BCUT2D eigenvalue weighted by Gasteiger charge is 2.19. The maximum Gasteiger partial charge on any atom is 0.0594 e. The van der Waals surface area contributed by atoms with Crippen LogP contribution in [0.1, 0.15) is 55.8 Å². The minimum Gasteiger partial charge on any atom is -0.378 e. The van der Waals surface area contributed by atoms with Gasteiger partial charge in [0.05, 0.1) is 6.10 Å². The Labute approximate surface area is 111 Å². The zero-order valence-electron chi connectivity index (χ0n) is 11.6. The standard InChI is InChI=1S/C16H25NO/c1-3-12-7-8-14(10-13(12)4-2)16(17)11-15-6-5-9-18-15/h7-8,10,15-16H,3-6,9,11,17H2,1-2H3. The Kier molecular flexibility index (Phi) is 4.79. The van der Waals surface area contributed by atoms with Crippen LogP contribution in [0.3, 0.4) is 0 Å². The quantitative estimate of drug-likeness (QED) is 0.865. The van der Waals surface area contributed by atoms with Crippen LogP contribution in [0.4, 0.5) is 0 Å². The molecule has 100 valence electrons. The van der Waals surface area contributed by atoms with Gasteiger partial charge < -0.3 is 10.5 Å². The number of nitrogens with two attached hydrogens (primary N) is 1. The molecule has 0 aliphatic carbocycles. The molecule has 0 bridgehead atoms. The van der Waals surface area contributed by atoms with Gasteiger partial charge >= 0.3 is 0 Å². The van der Waals surface area contributed by atoms with Crippen LogP contribution >= 0.6 is 0 Å². The van der Waals surface area contributed by atoms with Crippen LogP contribution in [0.5, 0.6) is 0 Å². The van der Waals surface area contributed by atoms with E-state index in [1.165, 1.54) is 29.5 Å². The first-order chi connectivity index (χ1) is 8.74. The molecular formula is C16H25NO. The van der Waals surface area contributed by atoms with Crippen molar-refractivity contribution in [3.8, 4) is 0 Å². The first kappa shape index (κ1) is 13.6. The van der Waals surface area contributed by atoms with Crippen molar-refractivity contribution in [2.24, 2.45) is 5.73 Å². The van der Waals surface area contributed by atoms with Gasteiger partial charge in [0.1, 0.15) is 0 Å². The SMILES string of the molecule is CCc1ccc(C(N)CC2CCCO2)cc1CC. The summed E-state index contributed by atoms with van der Waals surface area (Å²) in [5, 5.41) is 0. The number of aryl methyl sites for hydroxylation is 2. The summed E-state index contributed by atoms with van der Waals surface area (Å²) in [6.45, 7) is 5.33. The summed E-state index contributed by atoms with van der Waals surface area (Å²) in [7, 11) is 0. The average Bonchev–Trinajstić information content (AvgIpc) is 2.90. The molecule has 0 spiro atoms. The fourth-order valence-corrected chi connectivity index (χ4v) is 2.80. The Morgan fingerprint density at radius 2 is 2.06 bits per heavy atom. The molecule has 2 heteroatoms. The molecule has 0 saturated carbocycles. The second-order valence-corrected chi connectivity index (χ2v) is 5.21. The molecular weight excluding hydrogens is 222 g/mol. The highest BCUT2D eigenvalue weighted by atomic mass is 16.5. The highest BCUT2D eigenvalue weighted by molar-refractivity contribution is 5.33. The highest BCUT2D eigenvalue weighted by Crippen LogP contribution is 2.25. The van der Waals surface area contributed by atoms with Crippen molar-refractivity contribution in [3.05, 3.63) is 34.9 Å². The number of hydrogen-bond acceptors (Lipinski definition) is 2. The van der Waals surface area contributed by atoms with Crippen molar-refractivity contribution in [1.29, 1.82) is 0 Å². The van der Waals surface area contributed by atoms with Crippen molar-refractivity contribution in [3.63, 3.8) is 0 Å². The normalized spacial score (nSPS) is 21.2. The lowest BCUT2D eigenvalue weighted by Gasteiger charge is -2.18. The monoisotopic (exact) mass is 247 g/mol. The smallest absolute Gasteiger partial charge is 0.0594 e. The Morgan fingerprint density at radius 3 is 2.67 bits per heavy atom. The molecule has 2 nitrogen and oxygen atoms in total. The second kappa shape index (κ2) is 6.35. The molecule has 1 fully saturated rings. The van der Waals surface area contributed by atoms with Crippen molar-refractivity contribution in [1.82, 2.24) is 0 Å². The lowest BCUT2D eigenvalue weighted by atomic mass is 9.94.